The maximum Gasteiger partial charge on any atom is 0.289 e. The summed E-state index contributed by atoms with van der Waals surface area (Å²) >= 11 is 0. The van der Waals surface area contributed by atoms with Crippen molar-refractivity contribution in [2.75, 3.05) is 0 Å². The number of ether oxygens (including phenoxy) is 1. The van der Waals surface area contributed by atoms with Gasteiger partial charge in [0.1, 0.15) is 11.3 Å². The molecular formula is C17H17N3O6. The Labute approximate surface area is 148 Å². The van der Waals surface area contributed by atoms with E-state index in [0.29, 0.717) is 5.75 Å². The second-order valence-corrected chi connectivity index (χ2v) is 5.71. The van der Waals surface area contributed by atoms with Crippen LogP contribution in [-0.2, 0) is 6.54 Å². The number of nitrogens with one attached hydrogen (secondary N) is 1. The first kappa shape index (κ1) is 18.8. The van der Waals surface area contributed by atoms with E-state index in [-0.39, 0.29) is 18.2 Å². The topological polar surface area (TPSA) is 125 Å². The number of rotatable bonds is 7. The highest BCUT2D eigenvalue weighted by molar-refractivity contribution is 5.98. The quantitative estimate of drug-likeness (QED) is 0.598. The summed E-state index contributed by atoms with van der Waals surface area (Å²) < 4.78 is 5.52. The van der Waals surface area contributed by atoms with Crippen LogP contribution >= 0.6 is 0 Å². The minimum Gasteiger partial charge on any atom is -0.491 e. The lowest BCUT2D eigenvalue weighted by Gasteiger charge is -2.10. The fourth-order valence-electron chi connectivity index (χ4n) is 2.21. The molecule has 0 spiro atoms. The Morgan fingerprint density at radius 1 is 1.08 bits per heavy atom. The average Bonchev–Trinajstić information content (AvgIpc) is 2.59. The van der Waals surface area contributed by atoms with Gasteiger partial charge in [-0.1, -0.05) is 12.1 Å². The van der Waals surface area contributed by atoms with E-state index in [1.165, 1.54) is 0 Å². The van der Waals surface area contributed by atoms with E-state index in [1.54, 1.807) is 24.3 Å². The van der Waals surface area contributed by atoms with E-state index in [2.05, 4.69) is 5.32 Å². The SMILES string of the molecule is CC(C)Oc1ccc(CNC(=O)c2ccc([N+](=O)[O-])cc2[N+](=O)[O-])cc1. The molecule has 0 atom stereocenters. The number of carbonyl (C=O) groups excluding carboxylic acids is 1. The number of hydrogen-bond donors (Lipinski definition) is 1. The summed E-state index contributed by atoms with van der Waals surface area (Å²) in [4.78, 5) is 32.5. The first-order valence-electron chi connectivity index (χ1n) is 7.74. The Morgan fingerprint density at radius 2 is 1.73 bits per heavy atom. The van der Waals surface area contributed by atoms with Gasteiger partial charge in [0.2, 0.25) is 0 Å². The molecule has 0 heterocycles. The fraction of sp³-hybridized carbons (Fsp3) is 0.235. The highest BCUT2D eigenvalue weighted by Gasteiger charge is 2.23. The fourth-order valence-corrected chi connectivity index (χ4v) is 2.21. The predicted octanol–water partition coefficient (Wildman–Crippen LogP) is 3.22. The number of nitrogens with zero attached hydrogens (tertiary/aromatic N) is 2. The standard InChI is InChI=1S/C17H17N3O6/c1-11(2)26-14-6-3-12(4-7-14)10-18-17(21)15-8-5-13(19(22)23)9-16(15)20(24)25/h3-9,11H,10H2,1-2H3,(H,18,21). The van der Waals surface area contributed by atoms with Gasteiger partial charge in [-0.2, -0.15) is 0 Å². The Balaban J connectivity index is 2.10. The van der Waals surface area contributed by atoms with Crippen molar-refractivity contribution in [1.82, 2.24) is 5.32 Å². The van der Waals surface area contributed by atoms with E-state index < -0.39 is 27.1 Å². The molecule has 2 aromatic rings. The van der Waals surface area contributed by atoms with E-state index in [0.717, 1.165) is 23.8 Å². The number of non-ortho nitro benzene ring substituents is 1. The molecule has 0 saturated carbocycles. The summed E-state index contributed by atoms with van der Waals surface area (Å²) in [5.74, 6) is 0.00943. The zero-order chi connectivity index (χ0) is 19.3. The summed E-state index contributed by atoms with van der Waals surface area (Å²) in [5, 5.41) is 24.4. The first-order chi connectivity index (χ1) is 12.3. The molecule has 136 valence electrons. The van der Waals surface area contributed by atoms with Crippen LogP contribution < -0.4 is 10.1 Å². The summed E-state index contributed by atoms with van der Waals surface area (Å²) in [6.45, 7) is 3.96. The summed E-state index contributed by atoms with van der Waals surface area (Å²) in [7, 11) is 0. The van der Waals surface area contributed by atoms with Gasteiger partial charge in [-0.15, -0.1) is 0 Å². The molecule has 0 aliphatic carbocycles. The van der Waals surface area contributed by atoms with Gasteiger partial charge >= 0.3 is 0 Å². The molecule has 2 aromatic carbocycles. The Kier molecular flexibility index (Phi) is 5.84. The summed E-state index contributed by atoms with van der Waals surface area (Å²) in [5.41, 5.74) is -0.522. The van der Waals surface area contributed by atoms with Gasteiger partial charge in [0, 0.05) is 12.6 Å². The number of carbonyl (C=O) groups is 1. The van der Waals surface area contributed by atoms with Crippen LogP contribution in [0.5, 0.6) is 5.75 Å². The molecule has 0 saturated heterocycles. The van der Waals surface area contributed by atoms with Crippen LogP contribution in [0.25, 0.3) is 0 Å². The lowest BCUT2D eigenvalue weighted by molar-refractivity contribution is -0.394. The van der Waals surface area contributed by atoms with Gasteiger partial charge < -0.3 is 10.1 Å². The zero-order valence-corrected chi connectivity index (χ0v) is 14.2. The highest BCUT2D eigenvalue weighted by atomic mass is 16.6. The average molecular weight is 359 g/mol. The van der Waals surface area contributed by atoms with E-state index >= 15 is 0 Å². The Bertz CT molecular complexity index is 833. The van der Waals surface area contributed by atoms with Gasteiger partial charge in [0.25, 0.3) is 17.3 Å². The second kappa shape index (κ2) is 8.06. The zero-order valence-electron chi connectivity index (χ0n) is 14.2. The normalized spacial score (nSPS) is 10.4. The number of hydrogen-bond acceptors (Lipinski definition) is 6. The van der Waals surface area contributed by atoms with Gasteiger partial charge in [-0.05, 0) is 37.6 Å². The lowest BCUT2D eigenvalue weighted by Crippen LogP contribution is -2.23. The number of benzene rings is 2. The monoisotopic (exact) mass is 359 g/mol. The van der Waals surface area contributed by atoms with Crippen molar-refractivity contribution in [2.24, 2.45) is 0 Å². The smallest absolute Gasteiger partial charge is 0.289 e. The third-order valence-corrected chi connectivity index (χ3v) is 3.38. The van der Waals surface area contributed by atoms with Gasteiger partial charge in [0.05, 0.1) is 22.0 Å². The van der Waals surface area contributed by atoms with Gasteiger partial charge in [-0.3, -0.25) is 25.0 Å². The van der Waals surface area contributed by atoms with Crippen molar-refractivity contribution in [1.29, 1.82) is 0 Å². The maximum absolute atomic E-state index is 12.2. The predicted molar refractivity (Wildman–Crippen MR) is 93.1 cm³/mol. The molecule has 0 aliphatic rings. The molecule has 1 amide bonds. The van der Waals surface area contributed by atoms with Crippen LogP contribution in [0.15, 0.2) is 42.5 Å². The van der Waals surface area contributed by atoms with Crippen molar-refractivity contribution in [3.63, 3.8) is 0 Å². The largest absolute Gasteiger partial charge is 0.491 e. The number of nitro groups is 2. The third-order valence-electron chi connectivity index (χ3n) is 3.38. The van der Waals surface area contributed by atoms with Crippen molar-refractivity contribution in [3.8, 4) is 5.75 Å². The minimum absolute atomic E-state index is 0.0447. The molecule has 1 N–H and O–H groups in total. The van der Waals surface area contributed by atoms with Crippen molar-refractivity contribution in [2.45, 2.75) is 26.5 Å². The molecular weight excluding hydrogens is 342 g/mol. The van der Waals surface area contributed by atoms with Crippen LogP contribution in [-0.4, -0.2) is 21.9 Å². The molecule has 9 nitrogen and oxygen atoms in total. The first-order valence-corrected chi connectivity index (χ1v) is 7.74. The molecule has 0 aromatic heterocycles. The van der Waals surface area contributed by atoms with Crippen molar-refractivity contribution in [3.05, 3.63) is 73.8 Å². The van der Waals surface area contributed by atoms with E-state index in [9.17, 15) is 25.0 Å². The number of amides is 1. The third kappa shape index (κ3) is 4.76. The Morgan fingerprint density at radius 3 is 2.27 bits per heavy atom. The molecule has 0 unspecified atom stereocenters. The van der Waals surface area contributed by atoms with Gasteiger partial charge in [0.15, 0.2) is 0 Å². The molecule has 0 bridgehead atoms. The van der Waals surface area contributed by atoms with Crippen LogP contribution in [0.3, 0.4) is 0 Å². The van der Waals surface area contributed by atoms with Crippen LogP contribution in [0.4, 0.5) is 11.4 Å². The maximum atomic E-state index is 12.2. The molecule has 0 aliphatic heterocycles. The van der Waals surface area contributed by atoms with E-state index in [1.807, 2.05) is 13.8 Å². The second-order valence-electron chi connectivity index (χ2n) is 5.71. The van der Waals surface area contributed by atoms with Crippen molar-refractivity contribution < 1.29 is 19.4 Å². The molecule has 0 fully saturated rings. The molecule has 26 heavy (non-hydrogen) atoms. The molecule has 0 radical (unpaired) electrons. The van der Waals surface area contributed by atoms with Crippen molar-refractivity contribution >= 4 is 17.3 Å². The molecule has 2 rings (SSSR count). The lowest BCUT2D eigenvalue weighted by atomic mass is 10.1. The molecule has 9 heteroatoms. The summed E-state index contributed by atoms with van der Waals surface area (Å²) in [6, 6.07) is 9.95. The Hall–Kier alpha value is -3.49. The van der Waals surface area contributed by atoms with Crippen LogP contribution in [0.2, 0.25) is 0 Å². The minimum atomic E-state index is -0.819. The van der Waals surface area contributed by atoms with Gasteiger partial charge in [-0.25, -0.2) is 0 Å². The highest BCUT2D eigenvalue weighted by Crippen LogP contribution is 2.24. The van der Waals surface area contributed by atoms with Crippen LogP contribution in [0, 0.1) is 20.2 Å². The van der Waals surface area contributed by atoms with E-state index in [4.69, 9.17) is 4.74 Å². The number of nitro benzene ring substituents is 2. The summed E-state index contributed by atoms with van der Waals surface area (Å²) in [6.07, 6.45) is 0.0447. The van der Waals surface area contributed by atoms with Crippen LogP contribution in [0.1, 0.15) is 29.8 Å².